The molecule has 0 saturated heterocycles. The van der Waals surface area contributed by atoms with Gasteiger partial charge in [0.25, 0.3) is 0 Å². The minimum atomic E-state index is -0.708. The Balaban J connectivity index is 1.82. The first-order valence-corrected chi connectivity index (χ1v) is 11.6. The third kappa shape index (κ3) is 6.41. The quantitative estimate of drug-likeness (QED) is 0.487. The summed E-state index contributed by atoms with van der Waals surface area (Å²) in [5, 5.41) is 11.0. The van der Waals surface area contributed by atoms with Crippen LogP contribution >= 0.6 is 11.8 Å². The zero-order valence-corrected chi connectivity index (χ0v) is 20.5. The Labute approximate surface area is 198 Å². The van der Waals surface area contributed by atoms with Gasteiger partial charge in [-0.2, -0.15) is 0 Å². The van der Waals surface area contributed by atoms with Gasteiger partial charge in [-0.15, -0.1) is 10.2 Å². The normalized spacial score (nSPS) is 12.5. The van der Waals surface area contributed by atoms with Crippen LogP contribution < -0.4 is 5.32 Å². The van der Waals surface area contributed by atoms with Crippen molar-refractivity contribution < 1.29 is 14.3 Å². The first-order chi connectivity index (χ1) is 15.5. The van der Waals surface area contributed by atoms with Crippen LogP contribution in [0.1, 0.15) is 53.0 Å². The van der Waals surface area contributed by atoms with Crippen molar-refractivity contribution in [2.75, 3.05) is 5.32 Å². The summed E-state index contributed by atoms with van der Waals surface area (Å²) in [5.74, 6) is 0.508. The van der Waals surface area contributed by atoms with Crippen LogP contribution in [0.25, 0.3) is 11.4 Å². The van der Waals surface area contributed by atoms with Crippen molar-refractivity contribution in [1.29, 1.82) is 0 Å². The largest absolute Gasteiger partial charge is 0.443 e. The molecule has 0 aliphatic carbocycles. The highest BCUT2D eigenvalue weighted by atomic mass is 32.2. The van der Waals surface area contributed by atoms with Crippen LogP contribution in [-0.2, 0) is 9.53 Å². The topological polar surface area (TPSA) is 99.0 Å². The van der Waals surface area contributed by atoms with Gasteiger partial charge in [0, 0.05) is 23.6 Å². The van der Waals surface area contributed by atoms with Gasteiger partial charge >= 0.3 is 6.09 Å². The Kier molecular flexibility index (Phi) is 7.53. The molecule has 33 heavy (non-hydrogen) atoms. The zero-order valence-electron chi connectivity index (χ0n) is 19.7. The fourth-order valence-corrected chi connectivity index (χ4v) is 3.74. The van der Waals surface area contributed by atoms with Gasteiger partial charge in [-0.25, -0.2) is 9.36 Å². The number of amides is 1. The highest BCUT2D eigenvalue weighted by Crippen LogP contribution is 2.28. The summed E-state index contributed by atoms with van der Waals surface area (Å²) < 4.78 is 6.85. The van der Waals surface area contributed by atoms with E-state index in [0.717, 1.165) is 11.8 Å². The van der Waals surface area contributed by atoms with Crippen molar-refractivity contribution in [2.24, 2.45) is 0 Å². The summed E-state index contributed by atoms with van der Waals surface area (Å²) in [6.45, 7) is 11.3. The van der Waals surface area contributed by atoms with E-state index in [9.17, 15) is 9.59 Å². The Bertz CT molecular complexity index is 1110. The number of benzene rings is 1. The van der Waals surface area contributed by atoms with Crippen LogP contribution in [0.2, 0.25) is 0 Å². The molecule has 1 atom stereocenters. The van der Waals surface area contributed by atoms with Crippen LogP contribution in [0.5, 0.6) is 0 Å². The lowest BCUT2D eigenvalue weighted by Gasteiger charge is -2.21. The van der Waals surface area contributed by atoms with Gasteiger partial charge in [-0.3, -0.25) is 9.78 Å². The van der Waals surface area contributed by atoms with Crippen molar-refractivity contribution in [1.82, 2.24) is 19.7 Å². The van der Waals surface area contributed by atoms with Crippen LogP contribution in [0.4, 0.5) is 10.5 Å². The minimum absolute atomic E-state index is 0.209. The summed E-state index contributed by atoms with van der Waals surface area (Å²) in [7, 11) is 0. The molecule has 174 valence electrons. The standard InChI is InChI=1S/C24H29N5O3S/c1-15(2)17-9-11-19(12-10-17)26-21(30)16(3)33-22-28-27-20(18-8-7-13-25-14-18)29(22)23(31)32-24(4,5)6/h7-16H,1-6H3,(H,26,30). The van der Waals surface area contributed by atoms with E-state index in [1.807, 2.05) is 24.3 Å². The molecule has 2 aromatic heterocycles. The summed E-state index contributed by atoms with van der Waals surface area (Å²) in [4.78, 5) is 29.9. The van der Waals surface area contributed by atoms with Crippen molar-refractivity contribution in [3.05, 3.63) is 54.4 Å². The van der Waals surface area contributed by atoms with Crippen LogP contribution in [0, 0.1) is 0 Å². The van der Waals surface area contributed by atoms with Gasteiger partial charge < -0.3 is 10.1 Å². The van der Waals surface area contributed by atoms with E-state index in [1.165, 1.54) is 10.1 Å². The first-order valence-electron chi connectivity index (χ1n) is 10.7. The Morgan fingerprint density at radius 2 is 1.76 bits per heavy atom. The molecular weight excluding hydrogens is 438 g/mol. The number of anilines is 1. The molecule has 3 aromatic rings. The number of nitrogens with zero attached hydrogens (tertiary/aromatic N) is 4. The number of hydrogen-bond donors (Lipinski definition) is 1. The first kappa shape index (κ1) is 24.4. The number of hydrogen-bond acceptors (Lipinski definition) is 7. The molecular formula is C24H29N5O3S. The molecule has 8 nitrogen and oxygen atoms in total. The molecule has 0 radical (unpaired) electrons. The van der Waals surface area contributed by atoms with Crippen molar-refractivity contribution >= 4 is 29.4 Å². The molecule has 1 amide bonds. The molecule has 3 rings (SSSR count). The number of carbonyl (C=O) groups excluding carboxylic acids is 2. The molecule has 1 N–H and O–H groups in total. The van der Waals surface area contributed by atoms with Crippen molar-refractivity contribution in [3.63, 3.8) is 0 Å². The number of nitrogens with one attached hydrogen (secondary N) is 1. The monoisotopic (exact) mass is 467 g/mol. The number of rotatable bonds is 6. The van der Waals surface area contributed by atoms with Gasteiger partial charge in [0.1, 0.15) is 5.60 Å². The van der Waals surface area contributed by atoms with E-state index in [-0.39, 0.29) is 11.1 Å². The third-order valence-corrected chi connectivity index (χ3v) is 5.67. The van der Waals surface area contributed by atoms with Gasteiger partial charge in [-0.1, -0.05) is 37.7 Å². The molecule has 1 aromatic carbocycles. The lowest BCUT2D eigenvalue weighted by atomic mass is 10.0. The molecule has 0 aliphatic heterocycles. The van der Waals surface area contributed by atoms with Gasteiger partial charge in [0.2, 0.25) is 11.1 Å². The van der Waals surface area contributed by atoms with E-state index in [0.29, 0.717) is 23.0 Å². The van der Waals surface area contributed by atoms with Gasteiger partial charge in [0.15, 0.2) is 5.82 Å². The summed E-state index contributed by atoms with van der Waals surface area (Å²) in [5.41, 5.74) is 1.82. The fourth-order valence-electron chi connectivity index (χ4n) is 2.91. The second-order valence-electron chi connectivity index (χ2n) is 8.89. The molecule has 0 fully saturated rings. The van der Waals surface area contributed by atoms with Crippen LogP contribution in [-0.4, -0.2) is 42.6 Å². The molecule has 0 spiro atoms. The number of carbonyl (C=O) groups is 2. The number of pyridine rings is 1. The smallest absolute Gasteiger partial charge is 0.422 e. The Hall–Kier alpha value is -3.20. The molecule has 0 saturated carbocycles. The molecule has 2 heterocycles. The second-order valence-corrected chi connectivity index (χ2v) is 10.2. The Morgan fingerprint density at radius 3 is 2.33 bits per heavy atom. The van der Waals surface area contributed by atoms with E-state index < -0.39 is 16.9 Å². The summed E-state index contributed by atoms with van der Waals surface area (Å²) in [6, 6.07) is 11.3. The average Bonchev–Trinajstić information content (AvgIpc) is 3.17. The number of ether oxygens (including phenoxy) is 1. The SMILES string of the molecule is CC(Sc1nnc(-c2cccnc2)n1C(=O)OC(C)(C)C)C(=O)Nc1ccc(C(C)C)cc1. The summed E-state index contributed by atoms with van der Waals surface area (Å²) >= 11 is 1.13. The molecule has 9 heteroatoms. The molecule has 1 unspecified atom stereocenters. The lowest BCUT2D eigenvalue weighted by Crippen LogP contribution is -2.29. The van der Waals surface area contributed by atoms with E-state index in [1.54, 1.807) is 52.2 Å². The highest BCUT2D eigenvalue weighted by Gasteiger charge is 2.28. The highest BCUT2D eigenvalue weighted by molar-refractivity contribution is 8.00. The van der Waals surface area contributed by atoms with Gasteiger partial charge in [0.05, 0.1) is 5.25 Å². The Morgan fingerprint density at radius 1 is 1.06 bits per heavy atom. The maximum atomic E-state index is 13.0. The van der Waals surface area contributed by atoms with Gasteiger partial charge in [-0.05, 0) is 63.4 Å². The fraction of sp³-hybridized carbons (Fsp3) is 0.375. The predicted octanol–water partition coefficient (Wildman–Crippen LogP) is 5.37. The number of aromatic nitrogens is 4. The van der Waals surface area contributed by atoms with Crippen molar-refractivity contribution in [3.8, 4) is 11.4 Å². The van der Waals surface area contributed by atoms with E-state index >= 15 is 0 Å². The summed E-state index contributed by atoms with van der Waals surface area (Å²) in [6.07, 6.45) is 2.61. The molecule has 0 bridgehead atoms. The second kappa shape index (κ2) is 10.2. The third-order valence-electron chi connectivity index (χ3n) is 4.63. The van der Waals surface area contributed by atoms with Crippen LogP contribution in [0.15, 0.2) is 53.9 Å². The predicted molar refractivity (Wildman–Crippen MR) is 129 cm³/mol. The maximum absolute atomic E-state index is 13.0. The maximum Gasteiger partial charge on any atom is 0.422 e. The lowest BCUT2D eigenvalue weighted by molar-refractivity contribution is -0.115. The average molecular weight is 468 g/mol. The van der Waals surface area contributed by atoms with Crippen LogP contribution in [0.3, 0.4) is 0 Å². The van der Waals surface area contributed by atoms with E-state index in [4.69, 9.17) is 4.74 Å². The zero-order chi connectivity index (χ0) is 24.2. The minimum Gasteiger partial charge on any atom is -0.443 e. The van der Waals surface area contributed by atoms with E-state index in [2.05, 4.69) is 34.3 Å². The molecule has 0 aliphatic rings. The van der Waals surface area contributed by atoms with Crippen molar-refractivity contribution in [2.45, 2.75) is 63.5 Å². The number of thioether (sulfide) groups is 1.